The highest BCUT2D eigenvalue weighted by molar-refractivity contribution is 7.10. The smallest absolute Gasteiger partial charge is 0.231 e. The number of rotatable bonds is 6. The van der Waals surface area contributed by atoms with E-state index in [9.17, 15) is 9.90 Å². The minimum Gasteiger partial charge on any atom is -0.469 e. The number of aliphatic hydroxyl groups is 1. The first kappa shape index (κ1) is 14.4. The van der Waals surface area contributed by atoms with Gasteiger partial charge in [-0.3, -0.25) is 4.79 Å². The van der Waals surface area contributed by atoms with Crippen LogP contribution in [-0.2, 0) is 16.6 Å². The normalized spacial score (nSPS) is 19.0. The first-order valence-corrected chi connectivity index (χ1v) is 7.97. The van der Waals surface area contributed by atoms with Crippen molar-refractivity contribution in [3.8, 4) is 0 Å². The molecule has 2 heterocycles. The third kappa shape index (κ3) is 3.04. The number of nitrogens with one attached hydrogen (secondary N) is 1. The molecule has 1 unspecified atom stereocenters. The third-order valence-electron chi connectivity index (χ3n) is 3.94. The number of furan rings is 1. The van der Waals surface area contributed by atoms with Crippen molar-refractivity contribution in [2.75, 3.05) is 6.54 Å². The van der Waals surface area contributed by atoms with Gasteiger partial charge in [-0.1, -0.05) is 6.07 Å². The van der Waals surface area contributed by atoms with Crippen molar-refractivity contribution in [1.29, 1.82) is 0 Å². The average Bonchev–Trinajstić information content (AvgIpc) is 2.88. The molecule has 5 heteroatoms. The summed E-state index contributed by atoms with van der Waals surface area (Å²) in [4.78, 5) is 13.6. The Morgan fingerprint density at radius 2 is 2.29 bits per heavy atom. The van der Waals surface area contributed by atoms with E-state index in [1.54, 1.807) is 30.6 Å². The van der Waals surface area contributed by atoms with Gasteiger partial charge in [0.25, 0.3) is 0 Å². The Bertz CT molecular complexity index is 598. The fourth-order valence-electron chi connectivity index (χ4n) is 2.55. The van der Waals surface area contributed by atoms with E-state index in [0.29, 0.717) is 12.2 Å². The Labute approximate surface area is 127 Å². The number of amides is 1. The first-order chi connectivity index (χ1) is 10.0. The molecule has 1 saturated carbocycles. The topological polar surface area (TPSA) is 62.5 Å². The molecule has 1 atom stereocenters. The van der Waals surface area contributed by atoms with Gasteiger partial charge in [0, 0.05) is 17.8 Å². The molecule has 0 aromatic carbocycles. The number of carbonyl (C=O) groups excluding carboxylic acids is 1. The van der Waals surface area contributed by atoms with E-state index in [0.717, 1.165) is 17.7 Å². The molecule has 112 valence electrons. The Morgan fingerprint density at radius 1 is 1.48 bits per heavy atom. The monoisotopic (exact) mass is 305 g/mol. The molecule has 2 aromatic heterocycles. The van der Waals surface area contributed by atoms with Gasteiger partial charge in [0.05, 0.1) is 17.3 Å². The van der Waals surface area contributed by atoms with Crippen LogP contribution in [0.1, 0.15) is 30.4 Å². The molecule has 1 aliphatic carbocycles. The van der Waals surface area contributed by atoms with E-state index >= 15 is 0 Å². The predicted molar refractivity (Wildman–Crippen MR) is 81.3 cm³/mol. The second kappa shape index (κ2) is 5.31. The van der Waals surface area contributed by atoms with Gasteiger partial charge in [-0.25, -0.2) is 0 Å². The van der Waals surface area contributed by atoms with Crippen LogP contribution < -0.4 is 5.32 Å². The molecule has 21 heavy (non-hydrogen) atoms. The Balaban J connectivity index is 1.59. The standard InChI is InChI=1S/C16H19NO3S/c1-15(19,10-12-4-2-8-20-12)11-17-14(18)16(6-7-16)13-5-3-9-21-13/h2-5,8-9,19H,6-7,10-11H2,1H3,(H,17,18). The zero-order valence-electron chi connectivity index (χ0n) is 12.0. The highest BCUT2D eigenvalue weighted by atomic mass is 32.1. The van der Waals surface area contributed by atoms with Crippen molar-refractivity contribution in [3.05, 3.63) is 46.5 Å². The van der Waals surface area contributed by atoms with Crippen molar-refractivity contribution in [2.24, 2.45) is 0 Å². The van der Waals surface area contributed by atoms with E-state index in [-0.39, 0.29) is 17.9 Å². The zero-order valence-corrected chi connectivity index (χ0v) is 12.8. The number of hydrogen-bond donors (Lipinski definition) is 2. The zero-order chi connectivity index (χ0) is 14.9. The SMILES string of the molecule is CC(O)(CNC(=O)C1(c2cccs2)CC1)Cc1ccco1. The molecule has 0 bridgehead atoms. The van der Waals surface area contributed by atoms with Crippen molar-refractivity contribution >= 4 is 17.2 Å². The van der Waals surface area contributed by atoms with Crippen molar-refractivity contribution < 1.29 is 14.3 Å². The maximum absolute atomic E-state index is 12.4. The summed E-state index contributed by atoms with van der Waals surface area (Å²) in [5.74, 6) is 0.735. The van der Waals surface area contributed by atoms with Crippen LogP contribution in [0.5, 0.6) is 0 Å². The molecule has 1 amide bonds. The van der Waals surface area contributed by atoms with Gasteiger partial charge in [-0.2, -0.15) is 0 Å². The van der Waals surface area contributed by atoms with Crippen molar-refractivity contribution in [1.82, 2.24) is 5.32 Å². The van der Waals surface area contributed by atoms with Crippen LogP contribution in [0.25, 0.3) is 0 Å². The highest BCUT2D eigenvalue weighted by Gasteiger charge is 2.52. The second-order valence-corrected chi connectivity index (χ2v) is 6.94. The fourth-order valence-corrected chi connectivity index (χ4v) is 3.54. The lowest BCUT2D eigenvalue weighted by atomic mass is 9.99. The second-order valence-electron chi connectivity index (χ2n) is 6.00. The summed E-state index contributed by atoms with van der Waals surface area (Å²) in [7, 11) is 0. The molecule has 3 rings (SSSR count). The van der Waals surface area contributed by atoms with Gasteiger partial charge in [0.2, 0.25) is 5.91 Å². The molecule has 4 nitrogen and oxygen atoms in total. The van der Waals surface area contributed by atoms with E-state index < -0.39 is 5.60 Å². The third-order valence-corrected chi connectivity index (χ3v) is 5.02. The van der Waals surface area contributed by atoms with Gasteiger partial charge in [0.1, 0.15) is 5.76 Å². The van der Waals surface area contributed by atoms with E-state index in [1.807, 2.05) is 23.6 Å². The summed E-state index contributed by atoms with van der Waals surface area (Å²) in [6, 6.07) is 7.60. The summed E-state index contributed by atoms with van der Waals surface area (Å²) in [5.41, 5.74) is -1.37. The van der Waals surface area contributed by atoms with Gasteiger partial charge in [-0.15, -0.1) is 11.3 Å². The van der Waals surface area contributed by atoms with E-state index in [4.69, 9.17) is 4.42 Å². The largest absolute Gasteiger partial charge is 0.469 e. The van der Waals surface area contributed by atoms with Crippen LogP contribution >= 0.6 is 11.3 Å². The van der Waals surface area contributed by atoms with Crippen LogP contribution in [0, 0.1) is 0 Å². The fraction of sp³-hybridized carbons (Fsp3) is 0.438. The molecule has 0 radical (unpaired) electrons. The number of carbonyl (C=O) groups is 1. The summed E-state index contributed by atoms with van der Waals surface area (Å²) in [6.07, 6.45) is 3.74. The van der Waals surface area contributed by atoms with E-state index in [1.165, 1.54) is 0 Å². The Kier molecular flexibility index (Phi) is 3.63. The summed E-state index contributed by atoms with van der Waals surface area (Å²) in [5, 5.41) is 15.3. The summed E-state index contributed by atoms with van der Waals surface area (Å²) in [6.45, 7) is 1.93. The molecule has 0 saturated heterocycles. The Hall–Kier alpha value is -1.59. The lowest BCUT2D eigenvalue weighted by Gasteiger charge is -2.24. The summed E-state index contributed by atoms with van der Waals surface area (Å²) < 4.78 is 5.24. The van der Waals surface area contributed by atoms with Crippen molar-refractivity contribution in [2.45, 2.75) is 37.2 Å². The molecule has 2 N–H and O–H groups in total. The maximum Gasteiger partial charge on any atom is 0.231 e. The first-order valence-electron chi connectivity index (χ1n) is 7.09. The molecule has 2 aromatic rings. The van der Waals surface area contributed by atoms with Gasteiger partial charge in [-0.05, 0) is 43.3 Å². The molecule has 1 aliphatic rings. The van der Waals surface area contributed by atoms with Crippen LogP contribution in [0.4, 0.5) is 0 Å². The Morgan fingerprint density at radius 3 is 2.86 bits per heavy atom. The lowest BCUT2D eigenvalue weighted by molar-refractivity contribution is -0.124. The number of thiophene rings is 1. The van der Waals surface area contributed by atoms with Crippen LogP contribution in [0.2, 0.25) is 0 Å². The molecular weight excluding hydrogens is 286 g/mol. The van der Waals surface area contributed by atoms with Crippen LogP contribution in [0.15, 0.2) is 40.3 Å². The number of hydrogen-bond acceptors (Lipinski definition) is 4. The van der Waals surface area contributed by atoms with Crippen LogP contribution in [-0.4, -0.2) is 23.2 Å². The molecule has 0 aliphatic heterocycles. The molecular formula is C16H19NO3S. The maximum atomic E-state index is 12.4. The van der Waals surface area contributed by atoms with E-state index in [2.05, 4.69) is 5.32 Å². The van der Waals surface area contributed by atoms with Gasteiger partial charge < -0.3 is 14.8 Å². The quantitative estimate of drug-likeness (QED) is 0.862. The molecule has 1 fully saturated rings. The lowest BCUT2D eigenvalue weighted by Crippen LogP contribution is -2.45. The average molecular weight is 305 g/mol. The minimum atomic E-state index is -1.01. The highest BCUT2D eigenvalue weighted by Crippen LogP contribution is 2.50. The van der Waals surface area contributed by atoms with Crippen molar-refractivity contribution in [3.63, 3.8) is 0 Å². The predicted octanol–water partition coefficient (Wildman–Crippen LogP) is 2.48. The van der Waals surface area contributed by atoms with Gasteiger partial charge in [0.15, 0.2) is 0 Å². The van der Waals surface area contributed by atoms with Crippen LogP contribution in [0.3, 0.4) is 0 Å². The summed E-state index contributed by atoms with van der Waals surface area (Å²) >= 11 is 1.62. The minimum absolute atomic E-state index is 0.0182. The molecule has 0 spiro atoms. The van der Waals surface area contributed by atoms with Gasteiger partial charge >= 0.3 is 0 Å².